The van der Waals surface area contributed by atoms with Crippen LogP contribution in [0.25, 0.3) is 0 Å². The number of hydrogen-bond donors (Lipinski definition) is 1. The van der Waals surface area contributed by atoms with Gasteiger partial charge in [-0.2, -0.15) is 12.7 Å². The van der Waals surface area contributed by atoms with Crippen molar-refractivity contribution in [2.45, 2.75) is 45.6 Å². The molecular formula is C15H25N3O2S. The molecule has 1 aliphatic heterocycles. The molecule has 1 aromatic rings. The van der Waals surface area contributed by atoms with E-state index in [9.17, 15) is 8.42 Å². The van der Waals surface area contributed by atoms with E-state index in [1.165, 1.54) is 4.31 Å². The summed E-state index contributed by atoms with van der Waals surface area (Å²) in [6.07, 6.45) is 3.74. The van der Waals surface area contributed by atoms with Crippen LogP contribution >= 0.6 is 0 Å². The lowest BCUT2D eigenvalue weighted by Gasteiger charge is -2.37. The lowest BCUT2D eigenvalue weighted by molar-refractivity contribution is 0.268. The Morgan fingerprint density at radius 1 is 1.29 bits per heavy atom. The van der Waals surface area contributed by atoms with Gasteiger partial charge in [0.1, 0.15) is 0 Å². The summed E-state index contributed by atoms with van der Waals surface area (Å²) in [5.41, 5.74) is 7.02. The highest BCUT2D eigenvalue weighted by molar-refractivity contribution is 7.90. The fourth-order valence-electron chi connectivity index (χ4n) is 2.76. The number of nitrogens with two attached hydrogens (primary N) is 1. The van der Waals surface area contributed by atoms with Crippen LogP contribution in [0.4, 0.5) is 11.4 Å². The molecule has 1 saturated heterocycles. The van der Waals surface area contributed by atoms with Crippen LogP contribution < -0.4 is 10.0 Å². The van der Waals surface area contributed by atoms with Crippen molar-refractivity contribution in [3.63, 3.8) is 0 Å². The molecule has 1 aliphatic rings. The topological polar surface area (TPSA) is 66.6 Å². The summed E-state index contributed by atoms with van der Waals surface area (Å²) in [7, 11) is -3.48. The van der Waals surface area contributed by atoms with Crippen molar-refractivity contribution in [3.8, 4) is 0 Å². The molecular weight excluding hydrogens is 286 g/mol. The summed E-state index contributed by atoms with van der Waals surface area (Å²) >= 11 is 0. The first-order valence-electron chi connectivity index (χ1n) is 7.62. The van der Waals surface area contributed by atoms with Crippen molar-refractivity contribution in [3.05, 3.63) is 24.3 Å². The molecule has 0 saturated carbocycles. The molecule has 0 aliphatic carbocycles. The average molecular weight is 311 g/mol. The lowest BCUT2D eigenvalue weighted by atomic mass is 10.1. The zero-order chi connectivity index (χ0) is 15.5. The molecule has 2 N–H and O–H groups in total. The van der Waals surface area contributed by atoms with E-state index in [0.29, 0.717) is 24.5 Å². The Hall–Kier alpha value is -1.27. The SMILES string of the molecule is CCCN(c1ccc(N)cc1)S(=O)(=O)N1CCCCC1C. The summed E-state index contributed by atoms with van der Waals surface area (Å²) in [6, 6.07) is 7.10. The molecule has 5 nitrogen and oxygen atoms in total. The van der Waals surface area contributed by atoms with E-state index in [1.807, 2.05) is 13.8 Å². The second-order valence-electron chi connectivity index (χ2n) is 5.63. The van der Waals surface area contributed by atoms with E-state index < -0.39 is 10.2 Å². The number of anilines is 2. The van der Waals surface area contributed by atoms with Gasteiger partial charge in [-0.1, -0.05) is 13.3 Å². The molecule has 21 heavy (non-hydrogen) atoms. The van der Waals surface area contributed by atoms with Gasteiger partial charge in [0, 0.05) is 24.8 Å². The van der Waals surface area contributed by atoms with Crippen LogP contribution in [0.5, 0.6) is 0 Å². The van der Waals surface area contributed by atoms with Gasteiger partial charge in [0.05, 0.1) is 5.69 Å². The normalized spacial score (nSPS) is 20.4. The Kier molecular flexibility index (Phi) is 5.11. The van der Waals surface area contributed by atoms with Gasteiger partial charge < -0.3 is 5.73 Å². The van der Waals surface area contributed by atoms with Gasteiger partial charge in [-0.25, -0.2) is 0 Å². The van der Waals surface area contributed by atoms with Crippen LogP contribution in [0.15, 0.2) is 24.3 Å². The van der Waals surface area contributed by atoms with Crippen molar-refractivity contribution in [2.75, 3.05) is 23.1 Å². The zero-order valence-corrected chi connectivity index (χ0v) is 13.6. The molecule has 1 unspecified atom stereocenters. The molecule has 6 heteroatoms. The number of piperidine rings is 1. The second-order valence-corrected chi connectivity index (χ2v) is 7.43. The van der Waals surface area contributed by atoms with Crippen molar-refractivity contribution >= 4 is 21.6 Å². The molecule has 0 amide bonds. The molecule has 0 bridgehead atoms. The molecule has 1 heterocycles. The van der Waals surface area contributed by atoms with Crippen LogP contribution in [-0.4, -0.2) is 31.9 Å². The number of rotatable bonds is 5. The van der Waals surface area contributed by atoms with Crippen molar-refractivity contribution < 1.29 is 8.42 Å². The molecule has 0 spiro atoms. The fraction of sp³-hybridized carbons (Fsp3) is 0.600. The van der Waals surface area contributed by atoms with Gasteiger partial charge in [-0.3, -0.25) is 4.31 Å². The summed E-state index contributed by atoms with van der Waals surface area (Å²) in [5, 5.41) is 0. The summed E-state index contributed by atoms with van der Waals surface area (Å²) in [6.45, 7) is 5.07. The average Bonchev–Trinajstić information content (AvgIpc) is 2.46. The molecule has 1 atom stereocenters. The lowest BCUT2D eigenvalue weighted by Crippen LogP contribution is -2.50. The van der Waals surface area contributed by atoms with Crippen molar-refractivity contribution in [2.24, 2.45) is 0 Å². The monoisotopic (exact) mass is 311 g/mol. The van der Waals surface area contributed by atoms with Crippen molar-refractivity contribution in [1.82, 2.24) is 4.31 Å². The third kappa shape index (κ3) is 3.49. The number of benzene rings is 1. The molecule has 2 rings (SSSR count). The molecule has 0 aromatic heterocycles. The largest absolute Gasteiger partial charge is 0.399 e. The third-order valence-electron chi connectivity index (χ3n) is 3.92. The van der Waals surface area contributed by atoms with Gasteiger partial charge in [-0.05, 0) is 50.5 Å². The van der Waals surface area contributed by atoms with E-state index in [4.69, 9.17) is 5.73 Å². The first kappa shape index (κ1) is 16.1. The maximum absolute atomic E-state index is 13.0. The van der Waals surface area contributed by atoms with Gasteiger partial charge in [0.2, 0.25) is 0 Å². The Labute approximate surface area is 127 Å². The van der Waals surface area contributed by atoms with Crippen LogP contribution in [0.3, 0.4) is 0 Å². The predicted molar refractivity (Wildman–Crippen MR) is 87.4 cm³/mol. The van der Waals surface area contributed by atoms with Crippen LogP contribution in [-0.2, 0) is 10.2 Å². The first-order valence-corrected chi connectivity index (χ1v) is 9.01. The minimum Gasteiger partial charge on any atom is -0.399 e. The number of hydrogen-bond acceptors (Lipinski definition) is 3. The van der Waals surface area contributed by atoms with E-state index in [-0.39, 0.29) is 6.04 Å². The standard InChI is InChI=1S/C15H25N3O2S/c1-3-11-18(15-9-7-14(16)8-10-15)21(19,20)17-12-5-4-6-13(17)2/h7-10,13H,3-6,11-12,16H2,1-2H3. The maximum atomic E-state index is 13.0. The Morgan fingerprint density at radius 3 is 2.52 bits per heavy atom. The van der Waals surface area contributed by atoms with E-state index in [0.717, 1.165) is 25.7 Å². The summed E-state index contributed by atoms with van der Waals surface area (Å²) in [5.74, 6) is 0. The van der Waals surface area contributed by atoms with Crippen LogP contribution in [0, 0.1) is 0 Å². The quantitative estimate of drug-likeness (QED) is 0.850. The highest BCUT2D eigenvalue weighted by Gasteiger charge is 2.34. The minimum absolute atomic E-state index is 0.0666. The van der Waals surface area contributed by atoms with Gasteiger partial charge in [0.15, 0.2) is 0 Å². The highest BCUT2D eigenvalue weighted by atomic mass is 32.2. The zero-order valence-electron chi connectivity index (χ0n) is 12.8. The Morgan fingerprint density at radius 2 is 1.95 bits per heavy atom. The molecule has 1 aromatic carbocycles. The summed E-state index contributed by atoms with van der Waals surface area (Å²) < 4.78 is 29.1. The Bertz CT molecular complexity index is 557. The molecule has 1 fully saturated rings. The van der Waals surface area contributed by atoms with Gasteiger partial charge in [-0.15, -0.1) is 0 Å². The summed E-state index contributed by atoms with van der Waals surface area (Å²) in [4.78, 5) is 0. The van der Waals surface area contributed by atoms with Crippen molar-refractivity contribution in [1.29, 1.82) is 0 Å². The molecule has 118 valence electrons. The second kappa shape index (κ2) is 6.66. The van der Waals surface area contributed by atoms with Crippen LogP contribution in [0.1, 0.15) is 39.5 Å². The van der Waals surface area contributed by atoms with Gasteiger partial charge in [0.25, 0.3) is 0 Å². The predicted octanol–water partition coefficient (Wildman–Crippen LogP) is 2.60. The number of nitrogen functional groups attached to an aromatic ring is 1. The van der Waals surface area contributed by atoms with Gasteiger partial charge >= 0.3 is 10.2 Å². The minimum atomic E-state index is -3.48. The maximum Gasteiger partial charge on any atom is 0.304 e. The highest BCUT2D eigenvalue weighted by Crippen LogP contribution is 2.27. The van der Waals surface area contributed by atoms with E-state index in [1.54, 1.807) is 28.6 Å². The smallest absolute Gasteiger partial charge is 0.304 e. The fourth-order valence-corrected chi connectivity index (χ4v) is 4.74. The molecule has 0 radical (unpaired) electrons. The Balaban J connectivity index is 2.33. The van der Waals surface area contributed by atoms with Crippen LogP contribution in [0.2, 0.25) is 0 Å². The number of nitrogens with zero attached hydrogens (tertiary/aromatic N) is 2. The van der Waals surface area contributed by atoms with E-state index in [2.05, 4.69) is 0 Å². The third-order valence-corrected chi connectivity index (χ3v) is 6.01. The first-order chi connectivity index (χ1) is 9.96. The van der Waals surface area contributed by atoms with E-state index >= 15 is 0 Å².